The molecule has 0 unspecified atom stereocenters. The van der Waals surface area contributed by atoms with Gasteiger partial charge in [-0.1, -0.05) is 84.0 Å². The Labute approximate surface area is 265 Å². The van der Waals surface area contributed by atoms with Gasteiger partial charge >= 0.3 is 0 Å². The van der Waals surface area contributed by atoms with Crippen molar-refractivity contribution in [2.45, 2.75) is 110 Å². The second kappa shape index (κ2) is 39.7. The maximum Gasteiger partial charge on any atom is 0.0703 e. The Balaban J connectivity index is 3.03. The molecular weight excluding hydrogens is 552 g/mol. The summed E-state index contributed by atoms with van der Waals surface area (Å²) in [5, 5.41) is 0. The molecule has 260 valence electrons. The first-order valence-electron chi connectivity index (χ1n) is 17.5. The molecular formula is C34H70O9. The standard InChI is InChI=1S/C34H70O9/c1-4-5-6-7-8-9-10-11-12-13-14-15-16-17-35-18-19-36-20-21-37-22-23-38-24-25-39-26-27-40-28-29-41-30-31-42-32-33-43-34(2)3/h34H,4-33H2,1-3H3. The van der Waals surface area contributed by atoms with Gasteiger partial charge in [0.1, 0.15) is 0 Å². The minimum Gasteiger partial charge on any atom is -0.379 e. The summed E-state index contributed by atoms with van der Waals surface area (Å²) in [7, 11) is 0. The number of hydrogen-bond acceptors (Lipinski definition) is 9. The lowest BCUT2D eigenvalue weighted by Gasteiger charge is -2.09. The van der Waals surface area contributed by atoms with Gasteiger partial charge in [0, 0.05) is 6.61 Å². The highest BCUT2D eigenvalue weighted by Gasteiger charge is 1.97. The molecule has 0 aliphatic heterocycles. The third-order valence-electron chi connectivity index (χ3n) is 6.68. The maximum absolute atomic E-state index is 5.67. The van der Waals surface area contributed by atoms with Crippen molar-refractivity contribution in [3.63, 3.8) is 0 Å². The van der Waals surface area contributed by atoms with Gasteiger partial charge in [-0.2, -0.15) is 0 Å². The van der Waals surface area contributed by atoms with E-state index >= 15 is 0 Å². The lowest BCUT2D eigenvalue weighted by atomic mass is 10.0. The van der Waals surface area contributed by atoms with Crippen LogP contribution in [0.3, 0.4) is 0 Å². The van der Waals surface area contributed by atoms with Crippen LogP contribution in [0.15, 0.2) is 0 Å². The average Bonchev–Trinajstić information content (AvgIpc) is 3.00. The largest absolute Gasteiger partial charge is 0.379 e. The summed E-state index contributed by atoms with van der Waals surface area (Å²) in [5.74, 6) is 0. The number of hydrogen-bond donors (Lipinski definition) is 0. The van der Waals surface area contributed by atoms with Crippen LogP contribution in [0.2, 0.25) is 0 Å². The molecule has 0 fully saturated rings. The Morgan fingerprint density at radius 2 is 0.512 bits per heavy atom. The van der Waals surface area contributed by atoms with E-state index < -0.39 is 0 Å². The van der Waals surface area contributed by atoms with Gasteiger partial charge in [0.15, 0.2) is 0 Å². The first-order chi connectivity index (χ1) is 21.3. The Morgan fingerprint density at radius 3 is 0.791 bits per heavy atom. The van der Waals surface area contributed by atoms with Crippen LogP contribution in [0.5, 0.6) is 0 Å². The van der Waals surface area contributed by atoms with Crippen molar-refractivity contribution < 1.29 is 42.6 Å². The molecule has 9 heteroatoms. The van der Waals surface area contributed by atoms with Crippen LogP contribution in [0.4, 0.5) is 0 Å². The molecule has 0 saturated carbocycles. The van der Waals surface area contributed by atoms with Gasteiger partial charge in [-0.15, -0.1) is 0 Å². The predicted octanol–water partition coefficient (Wildman–Crippen LogP) is 6.64. The molecule has 0 aromatic rings. The molecule has 0 spiro atoms. The zero-order valence-electron chi connectivity index (χ0n) is 28.5. The molecule has 0 heterocycles. The van der Waals surface area contributed by atoms with Crippen LogP contribution in [-0.4, -0.2) is 118 Å². The highest BCUT2D eigenvalue weighted by molar-refractivity contribution is 4.49. The van der Waals surface area contributed by atoms with E-state index in [1.54, 1.807) is 0 Å². The maximum atomic E-state index is 5.67. The summed E-state index contributed by atoms with van der Waals surface area (Å²) in [5.41, 5.74) is 0. The highest BCUT2D eigenvalue weighted by Crippen LogP contribution is 2.12. The Bertz CT molecular complexity index is 483. The molecule has 0 saturated heterocycles. The molecule has 0 aromatic carbocycles. The van der Waals surface area contributed by atoms with Gasteiger partial charge in [-0.3, -0.25) is 0 Å². The summed E-state index contributed by atoms with van der Waals surface area (Å²) >= 11 is 0. The monoisotopic (exact) mass is 623 g/mol. The van der Waals surface area contributed by atoms with E-state index in [0.717, 1.165) is 13.0 Å². The van der Waals surface area contributed by atoms with E-state index in [1.165, 1.54) is 77.0 Å². The fourth-order valence-corrected chi connectivity index (χ4v) is 4.21. The first kappa shape index (κ1) is 42.6. The number of ether oxygens (including phenoxy) is 9. The molecule has 0 atom stereocenters. The van der Waals surface area contributed by atoms with Crippen molar-refractivity contribution in [1.29, 1.82) is 0 Å². The van der Waals surface area contributed by atoms with Crippen molar-refractivity contribution in [2.24, 2.45) is 0 Å². The minimum absolute atomic E-state index is 0.240. The van der Waals surface area contributed by atoms with E-state index in [2.05, 4.69) is 6.92 Å². The Kier molecular flexibility index (Phi) is 39.3. The molecule has 0 aliphatic rings. The van der Waals surface area contributed by atoms with E-state index in [0.29, 0.717) is 106 Å². The summed E-state index contributed by atoms with van der Waals surface area (Å²) in [6, 6.07) is 0. The van der Waals surface area contributed by atoms with Crippen LogP contribution in [0.1, 0.15) is 104 Å². The third kappa shape index (κ3) is 41.6. The number of rotatable bonds is 39. The second-order valence-electron chi connectivity index (χ2n) is 11.1. The molecule has 9 nitrogen and oxygen atoms in total. The van der Waals surface area contributed by atoms with Crippen LogP contribution in [-0.2, 0) is 42.6 Å². The molecule has 43 heavy (non-hydrogen) atoms. The Morgan fingerprint density at radius 1 is 0.279 bits per heavy atom. The van der Waals surface area contributed by atoms with Gasteiger partial charge in [0.05, 0.1) is 112 Å². The quantitative estimate of drug-likeness (QED) is 0.0701. The fourth-order valence-electron chi connectivity index (χ4n) is 4.21. The lowest BCUT2D eigenvalue weighted by Crippen LogP contribution is -2.15. The minimum atomic E-state index is 0.240. The molecule has 0 aliphatic carbocycles. The van der Waals surface area contributed by atoms with Crippen LogP contribution < -0.4 is 0 Å². The molecule has 0 radical (unpaired) electrons. The SMILES string of the molecule is CCCCCCCCCCCCCCCOCCOCCOCCOCCOCCOCCOCCOCCOC(C)C. The fraction of sp³-hybridized carbons (Fsp3) is 1.00. The van der Waals surface area contributed by atoms with Gasteiger partial charge < -0.3 is 42.6 Å². The van der Waals surface area contributed by atoms with Crippen molar-refractivity contribution >= 4 is 0 Å². The molecule has 0 bridgehead atoms. The van der Waals surface area contributed by atoms with Crippen molar-refractivity contribution in [3.8, 4) is 0 Å². The zero-order valence-corrected chi connectivity index (χ0v) is 28.5. The van der Waals surface area contributed by atoms with Crippen molar-refractivity contribution in [3.05, 3.63) is 0 Å². The zero-order chi connectivity index (χ0) is 31.2. The van der Waals surface area contributed by atoms with Crippen molar-refractivity contribution in [1.82, 2.24) is 0 Å². The normalized spacial score (nSPS) is 11.7. The van der Waals surface area contributed by atoms with Gasteiger partial charge in [0.25, 0.3) is 0 Å². The van der Waals surface area contributed by atoms with E-state index in [4.69, 9.17) is 42.6 Å². The number of unbranched alkanes of at least 4 members (excludes halogenated alkanes) is 12. The van der Waals surface area contributed by atoms with Crippen LogP contribution in [0, 0.1) is 0 Å². The lowest BCUT2D eigenvalue weighted by molar-refractivity contribution is -0.0269. The topological polar surface area (TPSA) is 83.1 Å². The highest BCUT2D eigenvalue weighted by atomic mass is 16.6. The van der Waals surface area contributed by atoms with E-state index in [9.17, 15) is 0 Å². The second-order valence-corrected chi connectivity index (χ2v) is 11.1. The van der Waals surface area contributed by atoms with Crippen LogP contribution >= 0.6 is 0 Å². The molecule has 0 aromatic heterocycles. The van der Waals surface area contributed by atoms with Gasteiger partial charge in [-0.05, 0) is 20.3 Å². The van der Waals surface area contributed by atoms with Crippen LogP contribution in [0.25, 0.3) is 0 Å². The molecule has 0 N–H and O–H groups in total. The summed E-state index contributed by atoms with van der Waals surface area (Å²) in [4.78, 5) is 0. The first-order valence-corrected chi connectivity index (χ1v) is 17.5. The molecule has 0 rings (SSSR count). The van der Waals surface area contributed by atoms with E-state index in [-0.39, 0.29) is 6.10 Å². The Hall–Kier alpha value is -0.360. The van der Waals surface area contributed by atoms with Gasteiger partial charge in [-0.25, -0.2) is 0 Å². The average molecular weight is 623 g/mol. The summed E-state index contributed by atoms with van der Waals surface area (Å²) < 4.78 is 49.5. The third-order valence-corrected chi connectivity index (χ3v) is 6.68. The smallest absolute Gasteiger partial charge is 0.0703 e. The summed E-state index contributed by atoms with van der Waals surface area (Å²) in [6.07, 6.45) is 18.1. The van der Waals surface area contributed by atoms with Crippen molar-refractivity contribution in [2.75, 3.05) is 112 Å². The van der Waals surface area contributed by atoms with Gasteiger partial charge in [0.2, 0.25) is 0 Å². The van der Waals surface area contributed by atoms with E-state index in [1.807, 2.05) is 13.8 Å². The predicted molar refractivity (Wildman–Crippen MR) is 173 cm³/mol. The summed E-state index contributed by atoms with van der Waals surface area (Å²) in [6.45, 7) is 16.3. The molecule has 0 amide bonds.